The third-order valence-electron chi connectivity index (χ3n) is 4.23. The van der Waals surface area contributed by atoms with Crippen molar-refractivity contribution in [1.82, 2.24) is 5.32 Å². The maximum Gasteiger partial charge on any atom is 0.251 e. The van der Waals surface area contributed by atoms with Gasteiger partial charge >= 0.3 is 0 Å². The first-order valence-corrected chi connectivity index (χ1v) is 7.79. The number of methoxy groups -OCH3 is 1. The van der Waals surface area contributed by atoms with Crippen molar-refractivity contribution in [2.45, 2.75) is 25.8 Å². The smallest absolute Gasteiger partial charge is 0.251 e. The SMILES string of the molecule is COc1ccc(C(=O)NC(c2ccc(C)cc2)C2CC2)cc1F. The molecule has 1 atom stereocenters. The van der Waals surface area contributed by atoms with Gasteiger partial charge in [0.25, 0.3) is 5.91 Å². The lowest BCUT2D eigenvalue weighted by molar-refractivity contribution is 0.0931. The fourth-order valence-corrected chi connectivity index (χ4v) is 2.71. The Morgan fingerprint density at radius 3 is 2.48 bits per heavy atom. The standard InChI is InChI=1S/C19H20FNO2/c1-12-3-5-13(6-4-12)18(14-7-8-14)21-19(22)15-9-10-17(23-2)16(20)11-15/h3-6,9-11,14,18H,7-8H2,1-2H3,(H,21,22). The Hall–Kier alpha value is -2.36. The van der Waals surface area contributed by atoms with Crippen LogP contribution in [0.25, 0.3) is 0 Å². The zero-order chi connectivity index (χ0) is 16.4. The van der Waals surface area contributed by atoms with Crippen LogP contribution >= 0.6 is 0 Å². The summed E-state index contributed by atoms with van der Waals surface area (Å²) < 4.78 is 18.7. The van der Waals surface area contributed by atoms with Gasteiger partial charge in [0.05, 0.1) is 13.2 Å². The van der Waals surface area contributed by atoms with Crippen molar-refractivity contribution in [2.24, 2.45) is 5.92 Å². The van der Waals surface area contributed by atoms with E-state index in [-0.39, 0.29) is 17.7 Å². The quantitative estimate of drug-likeness (QED) is 0.905. The molecule has 1 amide bonds. The second kappa shape index (κ2) is 6.41. The summed E-state index contributed by atoms with van der Waals surface area (Å²) >= 11 is 0. The lowest BCUT2D eigenvalue weighted by Gasteiger charge is -2.19. The molecule has 1 aliphatic carbocycles. The highest BCUT2D eigenvalue weighted by atomic mass is 19.1. The van der Waals surface area contributed by atoms with Gasteiger partial charge in [0.15, 0.2) is 11.6 Å². The summed E-state index contributed by atoms with van der Waals surface area (Å²) in [5.74, 6) is -0.189. The molecule has 2 aromatic rings. The molecular formula is C19H20FNO2. The normalized spacial score (nSPS) is 15.1. The lowest BCUT2D eigenvalue weighted by atomic mass is 10.0. The van der Waals surface area contributed by atoms with E-state index in [1.54, 1.807) is 6.07 Å². The molecular weight excluding hydrogens is 293 g/mol. The Morgan fingerprint density at radius 2 is 1.91 bits per heavy atom. The molecule has 1 saturated carbocycles. The number of amides is 1. The largest absolute Gasteiger partial charge is 0.494 e. The van der Waals surface area contributed by atoms with Gasteiger partial charge in [-0.25, -0.2) is 4.39 Å². The number of carbonyl (C=O) groups excluding carboxylic acids is 1. The van der Waals surface area contributed by atoms with Crippen LogP contribution in [0, 0.1) is 18.7 Å². The number of benzene rings is 2. The highest BCUT2D eigenvalue weighted by molar-refractivity contribution is 5.94. The molecule has 3 rings (SSSR count). The first-order chi connectivity index (χ1) is 11.1. The van der Waals surface area contributed by atoms with Crippen LogP contribution in [0.4, 0.5) is 4.39 Å². The van der Waals surface area contributed by atoms with Crippen LogP contribution in [-0.2, 0) is 0 Å². The highest BCUT2D eigenvalue weighted by Gasteiger charge is 2.33. The predicted octanol–water partition coefficient (Wildman–Crippen LogP) is 4.02. The number of ether oxygens (including phenoxy) is 1. The molecule has 0 heterocycles. The summed E-state index contributed by atoms with van der Waals surface area (Å²) in [6.45, 7) is 2.04. The number of aryl methyl sites for hydroxylation is 1. The molecule has 3 nitrogen and oxygen atoms in total. The maximum absolute atomic E-state index is 13.8. The average molecular weight is 313 g/mol. The average Bonchev–Trinajstić information content (AvgIpc) is 3.38. The molecule has 120 valence electrons. The second-order valence-electron chi connectivity index (χ2n) is 6.05. The van der Waals surface area contributed by atoms with Gasteiger partial charge in [-0.15, -0.1) is 0 Å². The highest BCUT2D eigenvalue weighted by Crippen LogP contribution is 2.41. The summed E-state index contributed by atoms with van der Waals surface area (Å²) in [6, 6.07) is 12.4. The van der Waals surface area contributed by atoms with Crippen molar-refractivity contribution in [3.05, 3.63) is 65.0 Å². The van der Waals surface area contributed by atoms with Gasteiger partial charge in [-0.1, -0.05) is 29.8 Å². The fourth-order valence-electron chi connectivity index (χ4n) is 2.71. The number of hydrogen-bond acceptors (Lipinski definition) is 2. The van der Waals surface area contributed by atoms with Crippen LogP contribution in [0.5, 0.6) is 5.75 Å². The zero-order valence-corrected chi connectivity index (χ0v) is 13.3. The van der Waals surface area contributed by atoms with E-state index in [0.717, 1.165) is 18.4 Å². The Bertz CT molecular complexity index is 708. The van der Waals surface area contributed by atoms with E-state index in [0.29, 0.717) is 11.5 Å². The van der Waals surface area contributed by atoms with E-state index in [1.807, 2.05) is 31.2 Å². The van der Waals surface area contributed by atoms with Crippen LogP contribution in [0.3, 0.4) is 0 Å². The first-order valence-electron chi connectivity index (χ1n) is 7.79. The first kappa shape index (κ1) is 15.5. The van der Waals surface area contributed by atoms with E-state index < -0.39 is 5.82 Å². The van der Waals surface area contributed by atoms with Crippen LogP contribution in [0.1, 0.15) is 40.4 Å². The number of halogens is 1. The van der Waals surface area contributed by atoms with E-state index >= 15 is 0 Å². The van der Waals surface area contributed by atoms with Gasteiger partial charge in [-0.3, -0.25) is 4.79 Å². The van der Waals surface area contributed by atoms with Crippen LogP contribution < -0.4 is 10.1 Å². The summed E-state index contributed by atoms with van der Waals surface area (Å²) in [5.41, 5.74) is 2.59. The van der Waals surface area contributed by atoms with Gasteiger partial charge in [0, 0.05) is 5.56 Å². The number of hydrogen-bond donors (Lipinski definition) is 1. The van der Waals surface area contributed by atoms with Gasteiger partial charge in [-0.2, -0.15) is 0 Å². The topological polar surface area (TPSA) is 38.3 Å². The Labute approximate surface area is 135 Å². The minimum Gasteiger partial charge on any atom is -0.494 e. The molecule has 1 aliphatic rings. The minimum atomic E-state index is -0.529. The van der Waals surface area contributed by atoms with Crippen LogP contribution in [-0.4, -0.2) is 13.0 Å². The van der Waals surface area contributed by atoms with Crippen molar-refractivity contribution in [1.29, 1.82) is 0 Å². The van der Waals surface area contributed by atoms with Crippen molar-refractivity contribution in [2.75, 3.05) is 7.11 Å². The molecule has 0 bridgehead atoms. The molecule has 1 unspecified atom stereocenters. The second-order valence-corrected chi connectivity index (χ2v) is 6.05. The third-order valence-corrected chi connectivity index (χ3v) is 4.23. The van der Waals surface area contributed by atoms with E-state index in [1.165, 1.54) is 24.8 Å². The number of carbonyl (C=O) groups is 1. The van der Waals surface area contributed by atoms with Crippen molar-refractivity contribution in [3.63, 3.8) is 0 Å². The number of nitrogens with one attached hydrogen (secondary N) is 1. The number of rotatable bonds is 5. The minimum absolute atomic E-state index is 0.0201. The molecule has 4 heteroatoms. The monoisotopic (exact) mass is 313 g/mol. The fraction of sp³-hybridized carbons (Fsp3) is 0.316. The molecule has 2 aromatic carbocycles. The van der Waals surface area contributed by atoms with Gasteiger partial charge in [-0.05, 0) is 49.4 Å². The summed E-state index contributed by atoms with van der Waals surface area (Å²) in [5, 5.41) is 3.05. The van der Waals surface area contributed by atoms with Crippen LogP contribution in [0.15, 0.2) is 42.5 Å². The summed E-state index contributed by atoms with van der Waals surface area (Å²) in [6.07, 6.45) is 2.21. The molecule has 1 N–H and O–H groups in total. The van der Waals surface area contributed by atoms with Gasteiger partial charge in [0.2, 0.25) is 0 Å². The molecule has 0 radical (unpaired) electrons. The molecule has 0 saturated heterocycles. The van der Waals surface area contributed by atoms with E-state index in [9.17, 15) is 9.18 Å². The summed E-state index contributed by atoms with van der Waals surface area (Å²) in [7, 11) is 1.40. The lowest BCUT2D eigenvalue weighted by Crippen LogP contribution is -2.30. The Morgan fingerprint density at radius 1 is 1.22 bits per heavy atom. The van der Waals surface area contributed by atoms with Crippen molar-refractivity contribution < 1.29 is 13.9 Å². The maximum atomic E-state index is 13.8. The van der Waals surface area contributed by atoms with Gasteiger partial charge < -0.3 is 10.1 Å². The van der Waals surface area contributed by atoms with Gasteiger partial charge in [0.1, 0.15) is 0 Å². The van der Waals surface area contributed by atoms with E-state index in [2.05, 4.69) is 5.32 Å². The third kappa shape index (κ3) is 3.52. The van der Waals surface area contributed by atoms with E-state index in [4.69, 9.17) is 4.74 Å². The summed E-state index contributed by atoms with van der Waals surface area (Å²) in [4.78, 5) is 12.5. The molecule has 0 aliphatic heterocycles. The zero-order valence-electron chi connectivity index (χ0n) is 13.3. The van der Waals surface area contributed by atoms with Crippen LogP contribution in [0.2, 0.25) is 0 Å². The van der Waals surface area contributed by atoms with Crippen molar-refractivity contribution >= 4 is 5.91 Å². The Kier molecular flexibility index (Phi) is 4.33. The molecule has 0 spiro atoms. The molecule has 23 heavy (non-hydrogen) atoms. The molecule has 0 aromatic heterocycles. The Balaban J connectivity index is 1.79. The van der Waals surface area contributed by atoms with Crippen molar-refractivity contribution in [3.8, 4) is 5.75 Å². The predicted molar refractivity (Wildman–Crippen MR) is 87.1 cm³/mol. The molecule has 1 fully saturated rings.